The van der Waals surface area contributed by atoms with Crippen LogP contribution in [0.25, 0.3) is 5.69 Å². The third-order valence-corrected chi connectivity index (χ3v) is 6.18. The van der Waals surface area contributed by atoms with E-state index in [1.54, 1.807) is 12.3 Å². The van der Waals surface area contributed by atoms with Gasteiger partial charge in [-0.1, -0.05) is 42.1 Å². The van der Waals surface area contributed by atoms with Crippen molar-refractivity contribution in [1.82, 2.24) is 20.1 Å². The van der Waals surface area contributed by atoms with Crippen LogP contribution in [-0.4, -0.2) is 32.5 Å². The summed E-state index contributed by atoms with van der Waals surface area (Å²) < 4.78 is 19.3. The standard InChI is InChI=1S/C24H22N4O4S/c1-16(23(29)25-14-18-10-7-13-30-18)33-24-27-26-22(28(24)17-8-3-2-4-9-17)21-15-31-19-11-5-6-12-20(19)32-21/h2-13,16,21H,14-15H2,1H3,(H,25,29)/t16-,21-/m0/s1. The first-order valence-corrected chi connectivity index (χ1v) is 11.4. The fourth-order valence-electron chi connectivity index (χ4n) is 3.48. The first-order valence-electron chi connectivity index (χ1n) is 10.5. The second-order valence-corrected chi connectivity index (χ2v) is 8.74. The van der Waals surface area contributed by atoms with Crippen LogP contribution in [0.5, 0.6) is 11.5 Å². The van der Waals surface area contributed by atoms with Crippen molar-refractivity contribution in [2.24, 2.45) is 0 Å². The molecule has 0 spiro atoms. The van der Waals surface area contributed by atoms with Gasteiger partial charge in [-0.05, 0) is 43.3 Å². The Morgan fingerprint density at radius 3 is 2.67 bits per heavy atom. The summed E-state index contributed by atoms with van der Waals surface area (Å²) in [5.41, 5.74) is 0.880. The van der Waals surface area contributed by atoms with Gasteiger partial charge in [0.1, 0.15) is 12.4 Å². The van der Waals surface area contributed by atoms with Gasteiger partial charge < -0.3 is 19.2 Å². The molecule has 9 heteroatoms. The number of furan rings is 1. The molecular weight excluding hydrogens is 440 g/mol. The highest BCUT2D eigenvalue weighted by Gasteiger charge is 2.30. The highest BCUT2D eigenvalue weighted by molar-refractivity contribution is 8.00. The zero-order valence-corrected chi connectivity index (χ0v) is 18.7. The van der Waals surface area contributed by atoms with Crippen LogP contribution >= 0.6 is 11.8 Å². The second-order valence-electron chi connectivity index (χ2n) is 7.43. The number of fused-ring (bicyclic) bond motifs is 1. The Morgan fingerprint density at radius 1 is 1.09 bits per heavy atom. The molecule has 2 aromatic carbocycles. The number of benzene rings is 2. The van der Waals surface area contributed by atoms with Crippen molar-refractivity contribution in [3.63, 3.8) is 0 Å². The number of amides is 1. The number of para-hydroxylation sites is 3. The van der Waals surface area contributed by atoms with Gasteiger partial charge in [0.05, 0.1) is 18.1 Å². The molecule has 0 bridgehead atoms. The van der Waals surface area contributed by atoms with E-state index in [1.807, 2.05) is 72.2 Å². The van der Waals surface area contributed by atoms with E-state index in [9.17, 15) is 4.79 Å². The van der Waals surface area contributed by atoms with Crippen LogP contribution in [-0.2, 0) is 11.3 Å². The largest absolute Gasteiger partial charge is 0.485 e. The normalized spacial score (nSPS) is 15.7. The molecule has 1 N–H and O–H groups in total. The lowest BCUT2D eigenvalue weighted by atomic mass is 10.2. The van der Waals surface area contributed by atoms with Crippen molar-refractivity contribution in [1.29, 1.82) is 0 Å². The summed E-state index contributed by atoms with van der Waals surface area (Å²) in [4.78, 5) is 12.7. The number of carbonyl (C=O) groups excluding carboxylic acids is 1. The number of rotatable bonds is 7. The molecule has 0 saturated heterocycles. The number of ether oxygens (including phenoxy) is 2. The van der Waals surface area contributed by atoms with Crippen LogP contribution in [0, 0.1) is 0 Å². The van der Waals surface area contributed by atoms with E-state index in [0.29, 0.717) is 41.4 Å². The average molecular weight is 463 g/mol. The average Bonchev–Trinajstić information content (AvgIpc) is 3.53. The Balaban J connectivity index is 1.39. The summed E-state index contributed by atoms with van der Waals surface area (Å²) in [6.45, 7) is 2.48. The smallest absolute Gasteiger partial charge is 0.233 e. The Bertz CT molecular complexity index is 1230. The Kier molecular flexibility index (Phi) is 6.03. The third-order valence-electron chi connectivity index (χ3n) is 5.14. The Hall–Kier alpha value is -3.72. The molecular formula is C24H22N4O4S. The third kappa shape index (κ3) is 4.58. The van der Waals surface area contributed by atoms with E-state index in [4.69, 9.17) is 13.9 Å². The van der Waals surface area contributed by atoms with E-state index >= 15 is 0 Å². The molecule has 2 aromatic heterocycles. The fourth-order valence-corrected chi connectivity index (χ4v) is 4.37. The summed E-state index contributed by atoms with van der Waals surface area (Å²) in [7, 11) is 0. The zero-order valence-electron chi connectivity index (χ0n) is 17.9. The summed E-state index contributed by atoms with van der Waals surface area (Å²) in [5.74, 6) is 2.56. The topological polar surface area (TPSA) is 91.4 Å². The van der Waals surface area contributed by atoms with E-state index in [-0.39, 0.29) is 5.91 Å². The molecule has 0 saturated carbocycles. The minimum absolute atomic E-state index is 0.119. The zero-order chi connectivity index (χ0) is 22.6. The van der Waals surface area contributed by atoms with Gasteiger partial charge in [-0.3, -0.25) is 9.36 Å². The van der Waals surface area contributed by atoms with Crippen molar-refractivity contribution in [2.75, 3.05) is 6.61 Å². The lowest BCUT2D eigenvalue weighted by Crippen LogP contribution is -2.30. The molecule has 0 radical (unpaired) electrons. The number of aromatic nitrogens is 3. The first-order chi connectivity index (χ1) is 16.2. The fraction of sp³-hybridized carbons (Fsp3) is 0.208. The highest BCUT2D eigenvalue weighted by atomic mass is 32.2. The van der Waals surface area contributed by atoms with E-state index in [0.717, 1.165) is 5.69 Å². The maximum absolute atomic E-state index is 12.7. The van der Waals surface area contributed by atoms with Gasteiger partial charge in [0.15, 0.2) is 28.6 Å². The number of thioether (sulfide) groups is 1. The molecule has 0 unspecified atom stereocenters. The van der Waals surface area contributed by atoms with Crippen molar-refractivity contribution in [2.45, 2.75) is 30.0 Å². The predicted molar refractivity (Wildman–Crippen MR) is 123 cm³/mol. The van der Waals surface area contributed by atoms with Crippen LogP contribution in [0.1, 0.15) is 24.6 Å². The molecule has 33 heavy (non-hydrogen) atoms. The van der Waals surface area contributed by atoms with Crippen molar-refractivity contribution < 1.29 is 18.7 Å². The van der Waals surface area contributed by atoms with Crippen LogP contribution in [0.3, 0.4) is 0 Å². The maximum atomic E-state index is 12.7. The minimum Gasteiger partial charge on any atom is -0.485 e. The molecule has 2 atom stereocenters. The van der Waals surface area contributed by atoms with E-state index in [2.05, 4.69) is 15.5 Å². The summed E-state index contributed by atoms with van der Waals surface area (Å²) in [6.07, 6.45) is 1.14. The van der Waals surface area contributed by atoms with Gasteiger partial charge in [0.25, 0.3) is 0 Å². The number of hydrogen-bond acceptors (Lipinski definition) is 7. The van der Waals surface area contributed by atoms with Crippen molar-refractivity contribution >= 4 is 17.7 Å². The van der Waals surface area contributed by atoms with Gasteiger partial charge in [-0.15, -0.1) is 10.2 Å². The SMILES string of the molecule is C[C@H](Sc1nnc([C@@H]2COc3ccccc3O2)n1-c1ccccc1)C(=O)NCc1ccco1. The van der Waals surface area contributed by atoms with Crippen LogP contribution in [0.15, 0.2) is 82.6 Å². The summed E-state index contributed by atoms with van der Waals surface area (Å²) in [5, 5.41) is 11.9. The Labute approximate surface area is 194 Å². The maximum Gasteiger partial charge on any atom is 0.233 e. The number of nitrogens with one attached hydrogen (secondary N) is 1. The van der Waals surface area contributed by atoms with Gasteiger partial charge in [0, 0.05) is 5.69 Å². The molecule has 3 heterocycles. The highest BCUT2D eigenvalue weighted by Crippen LogP contribution is 2.37. The molecule has 0 fully saturated rings. The van der Waals surface area contributed by atoms with Crippen molar-refractivity contribution in [3.8, 4) is 17.2 Å². The number of carbonyl (C=O) groups is 1. The summed E-state index contributed by atoms with van der Waals surface area (Å²) in [6, 6.07) is 20.9. The first kappa shape index (κ1) is 21.1. The monoisotopic (exact) mass is 462 g/mol. The molecule has 0 aliphatic carbocycles. The second kappa shape index (κ2) is 9.41. The van der Waals surface area contributed by atoms with E-state index < -0.39 is 11.4 Å². The summed E-state index contributed by atoms with van der Waals surface area (Å²) >= 11 is 1.33. The predicted octanol–water partition coefficient (Wildman–Crippen LogP) is 4.17. The lowest BCUT2D eigenvalue weighted by molar-refractivity contribution is -0.120. The van der Waals surface area contributed by atoms with Gasteiger partial charge >= 0.3 is 0 Å². The molecule has 1 aliphatic rings. The van der Waals surface area contributed by atoms with E-state index in [1.165, 1.54) is 11.8 Å². The molecule has 1 aliphatic heterocycles. The molecule has 168 valence electrons. The lowest BCUT2D eigenvalue weighted by Gasteiger charge is -2.26. The van der Waals surface area contributed by atoms with Gasteiger partial charge in [0.2, 0.25) is 5.91 Å². The van der Waals surface area contributed by atoms with Crippen LogP contribution in [0.2, 0.25) is 0 Å². The number of nitrogens with zero attached hydrogens (tertiary/aromatic N) is 3. The van der Waals surface area contributed by atoms with Crippen LogP contribution in [0.4, 0.5) is 0 Å². The van der Waals surface area contributed by atoms with Crippen molar-refractivity contribution in [3.05, 3.63) is 84.6 Å². The molecule has 5 rings (SSSR count). The molecule has 4 aromatic rings. The van der Waals surface area contributed by atoms with Gasteiger partial charge in [-0.2, -0.15) is 0 Å². The quantitative estimate of drug-likeness (QED) is 0.412. The molecule has 1 amide bonds. The van der Waals surface area contributed by atoms with Crippen LogP contribution < -0.4 is 14.8 Å². The van der Waals surface area contributed by atoms with Gasteiger partial charge in [-0.25, -0.2) is 0 Å². The minimum atomic E-state index is -0.440. The number of hydrogen-bond donors (Lipinski definition) is 1. The Morgan fingerprint density at radius 2 is 1.88 bits per heavy atom. The molecule has 8 nitrogen and oxygen atoms in total.